The predicted molar refractivity (Wildman–Crippen MR) is 335 cm³/mol. The molecule has 0 aromatic heterocycles. The summed E-state index contributed by atoms with van der Waals surface area (Å²) in [7, 11) is 0. The first-order valence-electron chi connectivity index (χ1n) is 34.7. The molecule has 9 atom stereocenters. The van der Waals surface area contributed by atoms with E-state index in [2.05, 4.69) is 43.5 Å². The molecule has 0 aromatic carbocycles. The van der Waals surface area contributed by atoms with Crippen LogP contribution in [0.3, 0.4) is 0 Å². The summed E-state index contributed by atoms with van der Waals surface area (Å²) >= 11 is 0. The highest BCUT2D eigenvalue weighted by atomic mass is 16.7. The topological polar surface area (TPSA) is 189 Å². The Bertz CT molecular complexity index is 1350. The number of rotatable bonds is 61. The first kappa shape index (κ1) is 76.6. The van der Waals surface area contributed by atoms with E-state index < -0.39 is 74.2 Å². The van der Waals surface area contributed by atoms with Crippen molar-refractivity contribution in [2.45, 2.75) is 396 Å². The minimum atomic E-state index is -1.67. The second kappa shape index (κ2) is 58.0. The van der Waals surface area contributed by atoms with Crippen LogP contribution >= 0.6 is 0 Å². The van der Waals surface area contributed by atoms with Crippen LogP contribution in [0.5, 0.6) is 0 Å². The van der Waals surface area contributed by atoms with E-state index in [1.807, 2.05) is 0 Å². The van der Waals surface area contributed by atoms with Crippen LogP contribution in [-0.4, -0.2) is 110 Å². The van der Waals surface area contributed by atoms with E-state index in [4.69, 9.17) is 9.47 Å². The average molecular weight is 1140 g/mol. The quantitative estimate of drug-likeness (QED) is 0.0215. The smallest absolute Gasteiger partial charge is 0.249 e. The Kier molecular flexibility index (Phi) is 55.5. The summed E-state index contributed by atoms with van der Waals surface area (Å²) in [4.78, 5) is 13.2. The van der Waals surface area contributed by atoms with E-state index in [0.717, 1.165) is 38.5 Å². The molecule has 9 unspecified atom stereocenters. The third-order valence-electron chi connectivity index (χ3n) is 17.0. The van der Waals surface area contributed by atoms with E-state index in [-0.39, 0.29) is 12.8 Å². The van der Waals surface area contributed by atoms with Crippen molar-refractivity contribution in [2.75, 3.05) is 13.2 Å². The largest absolute Gasteiger partial charge is 0.394 e. The van der Waals surface area contributed by atoms with Crippen molar-refractivity contribution in [1.29, 1.82) is 0 Å². The molecule has 0 radical (unpaired) electrons. The Morgan fingerprint density at radius 3 is 1.11 bits per heavy atom. The van der Waals surface area contributed by atoms with Crippen LogP contribution in [0.4, 0.5) is 0 Å². The molecule has 0 aliphatic carbocycles. The molecule has 0 saturated carbocycles. The molecular weight excluding hydrogens is 1000 g/mol. The number of aliphatic hydroxyl groups is 7. The van der Waals surface area contributed by atoms with Crippen LogP contribution < -0.4 is 5.32 Å². The first-order valence-corrected chi connectivity index (χ1v) is 34.7. The average Bonchev–Trinajstić information content (AvgIpc) is 3.48. The number of ether oxygens (including phenoxy) is 2. The molecule has 1 rings (SSSR count). The molecule has 0 spiro atoms. The lowest BCUT2D eigenvalue weighted by atomic mass is 9.98. The van der Waals surface area contributed by atoms with Crippen molar-refractivity contribution in [1.82, 2.24) is 5.32 Å². The molecule has 1 amide bonds. The van der Waals surface area contributed by atoms with Crippen molar-refractivity contribution in [3.8, 4) is 0 Å². The van der Waals surface area contributed by atoms with Gasteiger partial charge in [0.1, 0.15) is 36.6 Å². The van der Waals surface area contributed by atoms with Gasteiger partial charge >= 0.3 is 0 Å². The van der Waals surface area contributed by atoms with Crippen molar-refractivity contribution in [3.05, 3.63) is 24.3 Å². The highest BCUT2D eigenvalue weighted by Gasteiger charge is 2.44. The van der Waals surface area contributed by atoms with Gasteiger partial charge in [-0.25, -0.2) is 0 Å². The number of carbonyl (C=O) groups excluding carboxylic acids is 1. The van der Waals surface area contributed by atoms with Crippen LogP contribution in [0.15, 0.2) is 24.3 Å². The Labute approximate surface area is 493 Å². The minimum absolute atomic E-state index is 0.249. The van der Waals surface area contributed by atoms with Gasteiger partial charge in [-0.1, -0.05) is 314 Å². The normalized spacial score (nSPS) is 19.3. The van der Waals surface area contributed by atoms with Crippen molar-refractivity contribution in [2.24, 2.45) is 0 Å². The summed E-state index contributed by atoms with van der Waals surface area (Å²) in [6.07, 6.45) is 61.3. The van der Waals surface area contributed by atoms with Crippen molar-refractivity contribution in [3.63, 3.8) is 0 Å². The van der Waals surface area contributed by atoms with Crippen molar-refractivity contribution < 1.29 is 50.0 Å². The summed E-state index contributed by atoms with van der Waals surface area (Å²) in [5.74, 6) is -0.703. The molecular formula is C69H133NO10. The summed E-state index contributed by atoms with van der Waals surface area (Å²) in [5, 5.41) is 76.4. The monoisotopic (exact) mass is 1140 g/mol. The maximum absolute atomic E-state index is 13.2. The number of unbranched alkanes of at least 4 members (excludes halogenated alkanes) is 45. The van der Waals surface area contributed by atoms with E-state index in [1.54, 1.807) is 0 Å². The van der Waals surface area contributed by atoms with Crippen LogP contribution in [0.1, 0.15) is 341 Å². The molecule has 1 aliphatic rings. The molecule has 1 fully saturated rings. The van der Waals surface area contributed by atoms with Crippen LogP contribution in [0, 0.1) is 0 Å². The first-order chi connectivity index (χ1) is 39.2. The second-order valence-corrected chi connectivity index (χ2v) is 24.6. The highest BCUT2D eigenvalue weighted by Crippen LogP contribution is 2.24. The molecule has 80 heavy (non-hydrogen) atoms. The number of allylic oxidation sites excluding steroid dienone is 4. The zero-order valence-electron chi connectivity index (χ0n) is 52.3. The fraction of sp³-hybridized carbons (Fsp3) is 0.928. The fourth-order valence-corrected chi connectivity index (χ4v) is 11.4. The number of aliphatic hydroxyl groups excluding tert-OH is 7. The number of carbonyl (C=O) groups is 1. The summed E-state index contributed by atoms with van der Waals surface area (Å²) in [5.41, 5.74) is 0. The summed E-state index contributed by atoms with van der Waals surface area (Å²) in [6, 6.07) is -1.19. The third kappa shape index (κ3) is 45.0. The molecule has 11 nitrogen and oxygen atoms in total. The molecule has 0 aromatic rings. The van der Waals surface area contributed by atoms with Gasteiger partial charge in [-0.05, 0) is 51.4 Å². The molecule has 11 heteroatoms. The lowest BCUT2D eigenvalue weighted by molar-refractivity contribution is -0.303. The van der Waals surface area contributed by atoms with Gasteiger partial charge < -0.3 is 50.5 Å². The van der Waals surface area contributed by atoms with E-state index in [1.165, 1.54) is 257 Å². The number of hydrogen-bond acceptors (Lipinski definition) is 10. The Hall–Kier alpha value is -1.41. The molecule has 0 bridgehead atoms. The molecule has 1 saturated heterocycles. The lowest BCUT2D eigenvalue weighted by Crippen LogP contribution is -2.60. The van der Waals surface area contributed by atoms with Gasteiger partial charge in [-0.3, -0.25) is 4.79 Å². The zero-order valence-corrected chi connectivity index (χ0v) is 52.3. The van der Waals surface area contributed by atoms with Crippen molar-refractivity contribution >= 4 is 5.91 Å². The highest BCUT2D eigenvalue weighted by molar-refractivity contribution is 5.80. The second-order valence-electron chi connectivity index (χ2n) is 24.6. The van der Waals surface area contributed by atoms with E-state index in [9.17, 15) is 40.5 Å². The van der Waals surface area contributed by atoms with Crippen LogP contribution in [0.2, 0.25) is 0 Å². The fourth-order valence-electron chi connectivity index (χ4n) is 11.4. The summed E-state index contributed by atoms with van der Waals surface area (Å²) < 4.78 is 11.2. The Morgan fingerprint density at radius 2 is 0.750 bits per heavy atom. The molecule has 1 aliphatic heterocycles. The van der Waals surface area contributed by atoms with E-state index in [0.29, 0.717) is 19.3 Å². The van der Waals surface area contributed by atoms with Gasteiger partial charge in [0.2, 0.25) is 5.91 Å². The van der Waals surface area contributed by atoms with Gasteiger partial charge in [0.05, 0.1) is 25.4 Å². The SMILES string of the molecule is CCCCCCCCCCCCCC/C=C/CC/C=C/CCCC(O)C(O)C(COC1OC(CO)C(O)C(O)C1O)NC(=O)C(O)CCCCCCCCCCCCCCCCCCCCCCCCCCCCCCCCCC. The van der Waals surface area contributed by atoms with Gasteiger partial charge in [0, 0.05) is 0 Å². The minimum Gasteiger partial charge on any atom is -0.394 e. The Morgan fingerprint density at radius 1 is 0.425 bits per heavy atom. The molecule has 1 heterocycles. The van der Waals surface area contributed by atoms with Gasteiger partial charge in [0.15, 0.2) is 6.29 Å². The standard InChI is InChI=1S/C69H133NO10/c1-3-5-7-9-11-13-15-17-19-21-23-25-26-27-28-29-30-31-32-33-34-35-37-39-41-43-45-47-49-51-53-55-57-62(73)68(78)70-60(59-79-69-67(77)66(76)65(75)63(58-71)80-69)64(74)61(72)56-54-52-50-48-46-44-42-40-38-36-24-22-20-18-16-14-12-10-8-6-4-2/h40,42,48,50,60-67,69,71-77H,3-39,41,43-47,49,51-59H2,1-2H3,(H,70,78)/b42-40+,50-48+. The predicted octanol–water partition coefficient (Wildman–Crippen LogP) is 16.4. The third-order valence-corrected chi connectivity index (χ3v) is 17.0. The lowest BCUT2D eigenvalue weighted by Gasteiger charge is -2.40. The maximum atomic E-state index is 13.2. The van der Waals surface area contributed by atoms with Crippen LogP contribution in [-0.2, 0) is 14.3 Å². The molecule has 474 valence electrons. The molecule has 8 N–H and O–H groups in total. The number of nitrogens with one attached hydrogen (secondary N) is 1. The maximum Gasteiger partial charge on any atom is 0.249 e. The van der Waals surface area contributed by atoms with Gasteiger partial charge in [0.25, 0.3) is 0 Å². The van der Waals surface area contributed by atoms with Gasteiger partial charge in [-0.15, -0.1) is 0 Å². The summed E-state index contributed by atoms with van der Waals surface area (Å²) in [6.45, 7) is 3.49. The number of amides is 1. The Balaban J connectivity index is 2.19. The zero-order chi connectivity index (χ0) is 58.2. The van der Waals surface area contributed by atoms with Gasteiger partial charge in [-0.2, -0.15) is 0 Å². The van der Waals surface area contributed by atoms with E-state index >= 15 is 0 Å². The van der Waals surface area contributed by atoms with Crippen LogP contribution in [0.25, 0.3) is 0 Å². The number of hydrogen-bond donors (Lipinski definition) is 8.